The minimum atomic E-state index is -4.36. The molecule has 1 aromatic heterocycles. The second-order valence-corrected chi connectivity index (χ2v) is 7.91. The van der Waals surface area contributed by atoms with Crippen LogP contribution in [0.2, 0.25) is 0 Å². The lowest BCUT2D eigenvalue weighted by atomic mass is 10.1. The van der Waals surface area contributed by atoms with Gasteiger partial charge in [-0.1, -0.05) is 12.1 Å². The van der Waals surface area contributed by atoms with Crippen molar-refractivity contribution >= 4 is 17.8 Å². The van der Waals surface area contributed by atoms with E-state index in [1.165, 1.54) is 18.9 Å². The second-order valence-electron chi connectivity index (χ2n) is 7.91. The Labute approximate surface area is 174 Å². The molecule has 3 heterocycles. The van der Waals surface area contributed by atoms with Gasteiger partial charge in [0.15, 0.2) is 0 Å². The zero-order valence-corrected chi connectivity index (χ0v) is 17.0. The predicted octanol–water partition coefficient (Wildman–Crippen LogP) is 4.48. The number of halogens is 3. The molecule has 162 valence electrons. The Morgan fingerprint density at radius 1 is 0.800 bits per heavy atom. The first-order valence-corrected chi connectivity index (χ1v) is 10.6. The van der Waals surface area contributed by atoms with E-state index in [1.807, 2.05) is 0 Å². The van der Waals surface area contributed by atoms with Gasteiger partial charge in [-0.15, -0.1) is 0 Å². The quantitative estimate of drug-likeness (QED) is 0.770. The highest BCUT2D eigenvalue weighted by molar-refractivity contribution is 5.46. The Morgan fingerprint density at radius 3 is 1.90 bits per heavy atom. The fourth-order valence-corrected chi connectivity index (χ4v) is 3.94. The van der Waals surface area contributed by atoms with Crippen LogP contribution in [0.15, 0.2) is 24.3 Å². The fraction of sp³-hybridized carbons (Fsp3) is 0.571. The van der Waals surface area contributed by atoms with Gasteiger partial charge >= 0.3 is 6.18 Å². The molecule has 1 N–H and O–H groups in total. The number of benzene rings is 1. The van der Waals surface area contributed by atoms with Crippen LogP contribution in [-0.4, -0.2) is 41.1 Å². The molecule has 2 fully saturated rings. The van der Waals surface area contributed by atoms with Gasteiger partial charge in [-0.05, 0) is 56.2 Å². The number of alkyl halides is 3. The minimum Gasteiger partial charge on any atom is -0.350 e. The summed E-state index contributed by atoms with van der Waals surface area (Å²) in [4.78, 5) is 18.2. The van der Waals surface area contributed by atoms with Gasteiger partial charge in [0.25, 0.3) is 0 Å². The highest BCUT2D eigenvalue weighted by Crippen LogP contribution is 2.30. The SMILES string of the molecule is FC(F)(F)c1cccc(CNc2nc(N3CCCCC3)nc(N3CCCCC3)n2)c1. The molecule has 0 unspecified atom stereocenters. The summed E-state index contributed by atoms with van der Waals surface area (Å²) in [6.45, 7) is 3.87. The van der Waals surface area contributed by atoms with Gasteiger partial charge in [-0.25, -0.2) is 0 Å². The Balaban J connectivity index is 1.55. The first-order valence-electron chi connectivity index (χ1n) is 10.6. The van der Waals surface area contributed by atoms with Crippen LogP contribution in [0.1, 0.15) is 49.7 Å². The Morgan fingerprint density at radius 2 is 1.37 bits per heavy atom. The van der Waals surface area contributed by atoms with Crippen LogP contribution >= 0.6 is 0 Å². The summed E-state index contributed by atoms with van der Waals surface area (Å²) in [6.07, 6.45) is 2.50. The molecule has 2 aliphatic heterocycles. The van der Waals surface area contributed by atoms with Crippen molar-refractivity contribution in [2.24, 2.45) is 0 Å². The Hall–Kier alpha value is -2.58. The molecule has 9 heteroatoms. The van der Waals surface area contributed by atoms with Crippen molar-refractivity contribution in [1.82, 2.24) is 15.0 Å². The molecule has 2 saturated heterocycles. The lowest BCUT2D eigenvalue weighted by Crippen LogP contribution is -2.34. The number of nitrogens with one attached hydrogen (secondary N) is 1. The number of hydrogen-bond acceptors (Lipinski definition) is 6. The number of hydrogen-bond donors (Lipinski definition) is 1. The van der Waals surface area contributed by atoms with Crippen LogP contribution in [0.4, 0.5) is 31.0 Å². The van der Waals surface area contributed by atoms with Crippen molar-refractivity contribution in [3.63, 3.8) is 0 Å². The molecule has 0 saturated carbocycles. The Bertz CT molecular complexity index is 809. The molecule has 6 nitrogen and oxygen atoms in total. The van der Waals surface area contributed by atoms with Gasteiger partial charge < -0.3 is 15.1 Å². The van der Waals surface area contributed by atoms with Crippen LogP contribution in [-0.2, 0) is 12.7 Å². The predicted molar refractivity (Wildman–Crippen MR) is 111 cm³/mol. The average Bonchev–Trinajstić information content (AvgIpc) is 2.78. The van der Waals surface area contributed by atoms with Crippen molar-refractivity contribution in [3.8, 4) is 0 Å². The maximum absolute atomic E-state index is 13.0. The van der Waals surface area contributed by atoms with E-state index >= 15 is 0 Å². The third-order valence-corrected chi connectivity index (χ3v) is 5.59. The lowest BCUT2D eigenvalue weighted by Gasteiger charge is -2.30. The van der Waals surface area contributed by atoms with E-state index in [1.54, 1.807) is 6.07 Å². The van der Waals surface area contributed by atoms with E-state index in [4.69, 9.17) is 4.98 Å². The van der Waals surface area contributed by atoms with Gasteiger partial charge in [0.2, 0.25) is 17.8 Å². The zero-order valence-electron chi connectivity index (χ0n) is 17.0. The van der Waals surface area contributed by atoms with Crippen molar-refractivity contribution in [2.45, 2.75) is 51.2 Å². The molecule has 0 spiro atoms. The number of aromatic nitrogens is 3. The van der Waals surface area contributed by atoms with Crippen molar-refractivity contribution in [3.05, 3.63) is 35.4 Å². The molecule has 2 aliphatic rings. The average molecular weight is 420 g/mol. The number of piperidine rings is 2. The van der Waals surface area contributed by atoms with Gasteiger partial charge in [-0.2, -0.15) is 28.1 Å². The zero-order chi connectivity index (χ0) is 21.0. The summed E-state index contributed by atoms with van der Waals surface area (Å²) in [7, 11) is 0. The van der Waals surface area contributed by atoms with Crippen molar-refractivity contribution in [1.29, 1.82) is 0 Å². The topological polar surface area (TPSA) is 57.2 Å². The van der Waals surface area contributed by atoms with E-state index in [0.29, 0.717) is 23.4 Å². The lowest BCUT2D eigenvalue weighted by molar-refractivity contribution is -0.137. The number of anilines is 3. The monoisotopic (exact) mass is 420 g/mol. The van der Waals surface area contributed by atoms with Crippen molar-refractivity contribution < 1.29 is 13.2 Å². The Kier molecular flexibility index (Phi) is 6.24. The summed E-state index contributed by atoms with van der Waals surface area (Å²) in [6, 6.07) is 5.33. The second kappa shape index (κ2) is 9.06. The standard InChI is InChI=1S/C21H27F3N6/c22-21(23,24)17-9-7-8-16(14-17)15-25-18-26-19(29-10-3-1-4-11-29)28-20(27-18)30-12-5-2-6-13-30/h7-9,14H,1-6,10-13,15H2,(H,25,26,27,28). The molecule has 0 radical (unpaired) electrons. The van der Waals surface area contributed by atoms with E-state index in [-0.39, 0.29) is 6.54 Å². The molecule has 0 amide bonds. The molecule has 0 atom stereocenters. The highest BCUT2D eigenvalue weighted by atomic mass is 19.4. The molecular formula is C21H27F3N6. The number of rotatable bonds is 5. The molecule has 0 bridgehead atoms. The maximum atomic E-state index is 13.0. The van der Waals surface area contributed by atoms with Crippen LogP contribution in [0.3, 0.4) is 0 Å². The van der Waals surface area contributed by atoms with Gasteiger partial charge in [-0.3, -0.25) is 0 Å². The maximum Gasteiger partial charge on any atom is 0.416 e. The highest BCUT2D eigenvalue weighted by Gasteiger charge is 2.30. The van der Waals surface area contributed by atoms with Crippen molar-refractivity contribution in [2.75, 3.05) is 41.3 Å². The summed E-state index contributed by atoms with van der Waals surface area (Å²) in [5.41, 5.74) is -0.121. The molecule has 2 aromatic rings. The minimum absolute atomic E-state index is 0.215. The van der Waals surface area contributed by atoms with Crippen LogP contribution in [0, 0.1) is 0 Å². The van der Waals surface area contributed by atoms with Crippen LogP contribution in [0.25, 0.3) is 0 Å². The molecule has 0 aliphatic carbocycles. The smallest absolute Gasteiger partial charge is 0.350 e. The van der Waals surface area contributed by atoms with Gasteiger partial charge in [0.1, 0.15) is 0 Å². The van der Waals surface area contributed by atoms with Gasteiger partial charge in [0, 0.05) is 32.7 Å². The van der Waals surface area contributed by atoms with Crippen LogP contribution < -0.4 is 15.1 Å². The fourth-order valence-electron chi connectivity index (χ4n) is 3.94. The third kappa shape index (κ3) is 5.12. The van der Waals surface area contributed by atoms with Gasteiger partial charge in [0.05, 0.1) is 5.56 Å². The third-order valence-electron chi connectivity index (χ3n) is 5.59. The summed E-state index contributed by atoms with van der Waals surface area (Å²) >= 11 is 0. The first kappa shape index (κ1) is 20.7. The van der Waals surface area contributed by atoms with E-state index < -0.39 is 11.7 Å². The van der Waals surface area contributed by atoms with Crippen LogP contribution in [0.5, 0.6) is 0 Å². The van der Waals surface area contributed by atoms with E-state index in [2.05, 4.69) is 25.1 Å². The number of nitrogens with zero attached hydrogens (tertiary/aromatic N) is 5. The summed E-state index contributed by atoms with van der Waals surface area (Å²) in [5, 5.41) is 3.12. The first-order chi connectivity index (χ1) is 14.5. The summed E-state index contributed by atoms with van der Waals surface area (Å²) < 4.78 is 39.0. The summed E-state index contributed by atoms with van der Waals surface area (Å²) in [5.74, 6) is 1.71. The van der Waals surface area contributed by atoms with E-state index in [0.717, 1.165) is 64.0 Å². The van der Waals surface area contributed by atoms with E-state index in [9.17, 15) is 13.2 Å². The largest absolute Gasteiger partial charge is 0.416 e. The molecular weight excluding hydrogens is 393 g/mol. The molecule has 30 heavy (non-hydrogen) atoms. The molecule has 4 rings (SSSR count). The normalized spacial score (nSPS) is 17.8. The molecule has 1 aromatic carbocycles.